The molecule has 0 saturated heterocycles. The SMILES string of the molecule is COC(=O)[C@H]1C(=O)NC(SCC(=O)Nc2ccc(F)cc2)=C(C#N)[C@H]1c1ccccc1F. The van der Waals surface area contributed by atoms with Gasteiger partial charge in [-0.2, -0.15) is 5.26 Å². The van der Waals surface area contributed by atoms with Gasteiger partial charge in [0.05, 0.1) is 29.5 Å². The lowest BCUT2D eigenvalue weighted by atomic mass is 9.78. The van der Waals surface area contributed by atoms with Crippen LogP contribution < -0.4 is 10.6 Å². The fourth-order valence-electron chi connectivity index (χ4n) is 3.25. The van der Waals surface area contributed by atoms with Gasteiger partial charge in [0.1, 0.15) is 17.6 Å². The minimum atomic E-state index is -1.47. The number of esters is 1. The Labute approximate surface area is 186 Å². The summed E-state index contributed by atoms with van der Waals surface area (Å²) < 4.78 is 32.3. The number of ether oxygens (including phenoxy) is 1. The standard InChI is InChI=1S/C22H17F2N3O4S/c1-31-22(30)19-18(14-4-2-3-5-16(14)24)15(10-25)21(27-20(19)29)32-11-17(28)26-13-8-6-12(23)7-9-13/h2-9,18-19H,11H2,1H3,(H,26,28)(H,27,29)/t18-,19-/m1/s1. The second kappa shape index (κ2) is 10.1. The van der Waals surface area contributed by atoms with Gasteiger partial charge in [-0.3, -0.25) is 14.4 Å². The number of halogens is 2. The second-order valence-corrected chi connectivity index (χ2v) is 7.67. The normalized spacial score (nSPS) is 17.9. The van der Waals surface area contributed by atoms with Gasteiger partial charge < -0.3 is 15.4 Å². The van der Waals surface area contributed by atoms with Crippen LogP contribution >= 0.6 is 11.8 Å². The minimum absolute atomic E-state index is 0.0110. The number of hydrogen-bond donors (Lipinski definition) is 2. The van der Waals surface area contributed by atoms with E-state index in [0.29, 0.717) is 5.69 Å². The van der Waals surface area contributed by atoms with Gasteiger partial charge in [-0.25, -0.2) is 8.78 Å². The fraction of sp³-hybridized carbons (Fsp3) is 0.182. The van der Waals surface area contributed by atoms with E-state index in [9.17, 15) is 28.4 Å². The number of rotatable bonds is 6. The minimum Gasteiger partial charge on any atom is -0.468 e. The molecule has 0 bridgehead atoms. The van der Waals surface area contributed by atoms with Crippen molar-refractivity contribution in [3.63, 3.8) is 0 Å². The molecule has 2 aromatic rings. The number of carbonyl (C=O) groups excluding carboxylic acids is 3. The average Bonchev–Trinajstić information content (AvgIpc) is 2.78. The summed E-state index contributed by atoms with van der Waals surface area (Å²) in [4.78, 5) is 37.3. The van der Waals surface area contributed by atoms with Crippen molar-refractivity contribution in [2.45, 2.75) is 5.92 Å². The first-order chi connectivity index (χ1) is 15.3. The van der Waals surface area contributed by atoms with Crippen LogP contribution in [0.15, 0.2) is 59.1 Å². The molecule has 0 spiro atoms. The van der Waals surface area contributed by atoms with Crippen LogP contribution in [0.1, 0.15) is 11.5 Å². The molecule has 10 heteroatoms. The zero-order valence-corrected chi connectivity index (χ0v) is 17.5. The quantitative estimate of drug-likeness (QED) is 0.510. The molecule has 0 fully saturated rings. The van der Waals surface area contributed by atoms with E-state index in [1.165, 1.54) is 42.5 Å². The molecule has 2 aromatic carbocycles. The summed E-state index contributed by atoms with van der Waals surface area (Å²) in [6.45, 7) is 0. The van der Waals surface area contributed by atoms with E-state index in [-0.39, 0.29) is 21.9 Å². The van der Waals surface area contributed by atoms with Gasteiger partial charge in [-0.05, 0) is 35.9 Å². The molecular weight excluding hydrogens is 440 g/mol. The Morgan fingerprint density at radius 2 is 1.88 bits per heavy atom. The van der Waals surface area contributed by atoms with E-state index in [1.807, 2.05) is 6.07 Å². The first kappa shape index (κ1) is 23.0. The number of nitrogens with zero attached hydrogens (tertiary/aromatic N) is 1. The second-order valence-electron chi connectivity index (χ2n) is 6.69. The largest absolute Gasteiger partial charge is 0.468 e. The van der Waals surface area contributed by atoms with E-state index in [4.69, 9.17) is 4.74 Å². The van der Waals surface area contributed by atoms with Gasteiger partial charge in [0, 0.05) is 11.6 Å². The molecule has 0 aliphatic carbocycles. The number of benzene rings is 2. The molecule has 0 radical (unpaired) electrons. The third kappa shape index (κ3) is 4.95. The predicted molar refractivity (Wildman–Crippen MR) is 113 cm³/mol. The van der Waals surface area contributed by atoms with E-state index in [0.717, 1.165) is 24.9 Å². The molecule has 164 valence electrons. The van der Waals surface area contributed by atoms with Crippen molar-refractivity contribution in [1.82, 2.24) is 5.32 Å². The summed E-state index contributed by atoms with van der Waals surface area (Å²) in [5.41, 5.74) is 0.294. The molecule has 32 heavy (non-hydrogen) atoms. The number of allylic oxidation sites excluding steroid dienone is 1. The van der Waals surface area contributed by atoms with Crippen LogP contribution in [-0.4, -0.2) is 30.6 Å². The van der Waals surface area contributed by atoms with Crippen LogP contribution in [0, 0.1) is 28.9 Å². The number of methoxy groups -OCH3 is 1. The number of thioether (sulfide) groups is 1. The van der Waals surface area contributed by atoms with Gasteiger partial charge in [0.2, 0.25) is 11.8 Å². The number of anilines is 1. The smallest absolute Gasteiger partial charge is 0.319 e. The molecule has 0 aromatic heterocycles. The molecule has 1 aliphatic rings. The summed E-state index contributed by atoms with van der Waals surface area (Å²) in [6.07, 6.45) is 0. The summed E-state index contributed by atoms with van der Waals surface area (Å²) in [5.74, 6) is -6.19. The Morgan fingerprint density at radius 3 is 2.50 bits per heavy atom. The molecule has 0 saturated carbocycles. The Hall–Kier alpha value is -3.71. The topological polar surface area (TPSA) is 108 Å². The maximum Gasteiger partial charge on any atom is 0.319 e. The molecule has 1 aliphatic heterocycles. The molecular formula is C22H17F2N3O4S. The van der Waals surface area contributed by atoms with Crippen LogP contribution in [-0.2, 0) is 19.1 Å². The van der Waals surface area contributed by atoms with Crippen molar-refractivity contribution in [3.8, 4) is 6.07 Å². The number of nitriles is 1. The predicted octanol–water partition coefficient (Wildman–Crippen LogP) is 3.07. The lowest BCUT2D eigenvalue weighted by molar-refractivity contribution is -0.150. The van der Waals surface area contributed by atoms with E-state index >= 15 is 0 Å². The zero-order valence-electron chi connectivity index (χ0n) is 16.7. The first-order valence-electron chi connectivity index (χ1n) is 9.31. The van der Waals surface area contributed by atoms with Gasteiger partial charge in [-0.15, -0.1) is 0 Å². The first-order valence-corrected chi connectivity index (χ1v) is 10.3. The molecule has 2 amide bonds. The number of nitrogens with one attached hydrogen (secondary N) is 2. The van der Waals surface area contributed by atoms with E-state index in [2.05, 4.69) is 10.6 Å². The van der Waals surface area contributed by atoms with Crippen LogP contribution in [0.2, 0.25) is 0 Å². The lowest BCUT2D eigenvalue weighted by Gasteiger charge is -2.31. The lowest BCUT2D eigenvalue weighted by Crippen LogP contribution is -2.44. The van der Waals surface area contributed by atoms with Crippen LogP contribution in [0.3, 0.4) is 0 Å². The van der Waals surface area contributed by atoms with Crippen molar-refractivity contribution in [1.29, 1.82) is 5.26 Å². The highest BCUT2D eigenvalue weighted by Crippen LogP contribution is 2.41. The molecule has 2 atom stereocenters. The average molecular weight is 457 g/mol. The Balaban J connectivity index is 1.89. The summed E-state index contributed by atoms with van der Waals surface area (Å²) in [7, 11) is 1.09. The highest BCUT2D eigenvalue weighted by Gasteiger charge is 2.45. The molecule has 1 heterocycles. The Morgan fingerprint density at radius 1 is 1.19 bits per heavy atom. The monoisotopic (exact) mass is 457 g/mol. The van der Waals surface area contributed by atoms with E-state index in [1.54, 1.807) is 0 Å². The number of amides is 2. The number of hydrogen-bond acceptors (Lipinski definition) is 6. The fourth-order valence-corrected chi connectivity index (χ4v) is 4.10. The number of carbonyl (C=O) groups is 3. The van der Waals surface area contributed by atoms with Crippen LogP contribution in [0.25, 0.3) is 0 Å². The molecule has 0 unspecified atom stereocenters. The molecule has 2 N–H and O–H groups in total. The van der Waals surface area contributed by atoms with Crippen molar-refractivity contribution in [2.75, 3.05) is 18.2 Å². The molecule has 7 nitrogen and oxygen atoms in total. The zero-order chi connectivity index (χ0) is 23.3. The Bertz CT molecular complexity index is 1130. The third-order valence-electron chi connectivity index (χ3n) is 4.70. The van der Waals surface area contributed by atoms with Crippen LogP contribution in [0.5, 0.6) is 0 Å². The maximum absolute atomic E-state index is 14.5. The van der Waals surface area contributed by atoms with Crippen molar-refractivity contribution in [3.05, 3.63) is 76.3 Å². The molecule has 3 rings (SSSR count). The summed E-state index contributed by atoms with van der Waals surface area (Å²) >= 11 is 0.854. The maximum atomic E-state index is 14.5. The van der Waals surface area contributed by atoms with E-state index < -0.39 is 41.3 Å². The van der Waals surface area contributed by atoms with Gasteiger partial charge in [0.15, 0.2) is 0 Å². The van der Waals surface area contributed by atoms with Gasteiger partial charge in [-0.1, -0.05) is 30.0 Å². The van der Waals surface area contributed by atoms with Crippen molar-refractivity contribution in [2.24, 2.45) is 5.92 Å². The highest BCUT2D eigenvalue weighted by molar-refractivity contribution is 8.03. The third-order valence-corrected chi connectivity index (χ3v) is 5.72. The van der Waals surface area contributed by atoms with Crippen molar-refractivity contribution < 1.29 is 27.9 Å². The van der Waals surface area contributed by atoms with Gasteiger partial charge in [0.25, 0.3) is 0 Å². The van der Waals surface area contributed by atoms with Crippen LogP contribution in [0.4, 0.5) is 14.5 Å². The Kier molecular flexibility index (Phi) is 7.22. The van der Waals surface area contributed by atoms with Gasteiger partial charge >= 0.3 is 5.97 Å². The summed E-state index contributed by atoms with van der Waals surface area (Å²) in [5, 5.41) is 14.8. The van der Waals surface area contributed by atoms with Crippen molar-refractivity contribution >= 4 is 35.2 Å². The summed E-state index contributed by atoms with van der Waals surface area (Å²) in [6, 6.07) is 12.6. The highest BCUT2D eigenvalue weighted by atomic mass is 32.2.